The smallest absolute Gasteiger partial charge is 0.274 e. The summed E-state index contributed by atoms with van der Waals surface area (Å²) >= 11 is 7.55. The van der Waals surface area contributed by atoms with Gasteiger partial charge in [-0.1, -0.05) is 36.4 Å². The summed E-state index contributed by atoms with van der Waals surface area (Å²) in [7, 11) is 3.69. The highest BCUT2D eigenvalue weighted by Gasteiger charge is 2.46. The molecule has 1 aromatic rings. The van der Waals surface area contributed by atoms with Crippen LogP contribution in [0.2, 0.25) is 0 Å². The number of thioether (sulfide) groups is 1. The molecular weight excluding hydrogens is 438 g/mol. The van der Waals surface area contributed by atoms with E-state index in [1.165, 1.54) is 11.8 Å². The van der Waals surface area contributed by atoms with Crippen LogP contribution in [-0.4, -0.2) is 82.1 Å². The van der Waals surface area contributed by atoms with E-state index in [-0.39, 0.29) is 29.8 Å². The third kappa shape index (κ3) is 4.37. The van der Waals surface area contributed by atoms with Crippen LogP contribution in [0.15, 0.2) is 16.5 Å². The summed E-state index contributed by atoms with van der Waals surface area (Å²) in [5, 5.41) is 7.71. The number of allylic oxidation sites excluding steroid dienone is 1. The normalized spacial score (nSPS) is 30.9. The molecule has 0 radical (unpaired) electrons. The van der Waals surface area contributed by atoms with Crippen molar-refractivity contribution in [2.75, 3.05) is 33.9 Å². The predicted octanol–water partition coefficient (Wildman–Crippen LogP) is 1.90. The van der Waals surface area contributed by atoms with Crippen LogP contribution in [0.1, 0.15) is 36.5 Å². The summed E-state index contributed by atoms with van der Waals surface area (Å²) in [6.07, 6.45) is 2.57. The molecule has 4 rings (SSSR count). The Morgan fingerprint density at radius 3 is 2.87 bits per heavy atom. The van der Waals surface area contributed by atoms with E-state index in [9.17, 15) is 9.59 Å². The number of likely N-dealkylation sites (N-methyl/N-ethyl adjacent to an activating group) is 1. The van der Waals surface area contributed by atoms with Gasteiger partial charge in [0.2, 0.25) is 5.91 Å². The van der Waals surface area contributed by atoms with E-state index in [0.29, 0.717) is 29.6 Å². The van der Waals surface area contributed by atoms with E-state index in [1.807, 2.05) is 30.7 Å². The molecule has 0 aromatic carbocycles. The zero-order chi connectivity index (χ0) is 22.3. The number of nitrogens with one attached hydrogen (secondary N) is 1. The van der Waals surface area contributed by atoms with Crippen LogP contribution >= 0.6 is 23.4 Å². The van der Waals surface area contributed by atoms with Crippen molar-refractivity contribution in [2.24, 2.45) is 5.92 Å². The maximum atomic E-state index is 13.3. The fourth-order valence-corrected chi connectivity index (χ4v) is 6.29. The second kappa shape index (κ2) is 8.77. The highest BCUT2D eigenvalue weighted by atomic mass is 35.5. The van der Waals surface area contributed by atoms with Crippen molar-refractivity contribution in [3.63, 3.8) is 0 Å². The zero-order valence-corrected chi connectivity index (χ0v) is 20.0. The van der Waals surface area contributed by atoms with Crippen LogP contribution in [0, 0.1) is 5.92 Å². The number of halogens is 1. The summed E-state index contributed by atoms with van der Waals surface area (Å²) in [5.74, 6) is -0.121. The molecule has 3 aliphatic heterocycles. The van der Waals surface area contributed by atoms with Gasteiger partial charge in [0, 0.05) is 32.8 Å². The molecule has 2 unspecified atom stereocenters. The van der Waals surface area contributed by atoms with Crippen LogP contribution in [0.3, 0.4) is 0 Å². The topological polar surface area (TPSA) is 79.7 Å². The van der Waals surface area contributed by atoms with Gasteiger partial charge in [0.1, 0.15) is 4.75 Å². The van der Waals surface area contributed by atoms with E-state index >= 15 is 0 Å². The molecule has 8 nitrogen and oxygen atoms in total. The second-order valence-electron chi connectivity index (χ2n) is 8.92. The Kier molecular flexibility index (Phi) is 6.40. The first kappa shape index (κ1) is 22.6. The molecule has 1 aromatic heterocycles. The number of hydrogen-bond acceptors (Lipinski definition) is 6. The van der Waals surface area contributed by atoms with E-state index in [0.717, 1.165) is 25.3 Å². The number of ether oxygens (including phenoxy) is 1. The monoisotopic (exact) mass is 467 g/mol. The van der Waals surface area contributed by atoms with E-state index < -0.39 is 4.75 Å². The summed E-state index contributed by atoms with van der Waals surface area (Å²) in [6, 6.07) is 1.65. The second-order valence-corrected chi connectivity index (χ2v) is 11.0. The molecule has 10 heteroatoms. The average molecular weight is 468 g/mol. The Balaban J connectivity index is 1.46. The number of rotatable bonds is 5. The van der Waals surface area contributed by atoms with Gasteiger partial charge in [0.15, 0.2) is 5.69 Å². The largest absolute Gasteiger partial charge is 0.383 e. The van der Waals surface area contributed by atoms with Crippen LogP contribution in [0.4, 0.5) is 0 Å². The minimum absolute atomic E-state index is 0.0360. The lowest BCUT2D eigenvalue weighted by atomic mass is 9.94. The van der Waals surface area contributed by atoms with Gasteiger partial charge >= 0.3 is 0 Å². The molecular formula is C21H30ClN5O3S. The number of carbonyl (C=O) groups is 2. The van der Waals surface area contributed by atoms with E-state index in [2.05, 4.69) is 22.4 Å². The summed E-state index contributed by atoms with van der Waals surface area (Å²) in [6.45, 7) is 7.26. The molecule has 0 bridgehead atoms. The first-order chi connectivity index (χ1) is 14.7. The fraction of sp³-hybridized carbons (Fsp3) is 0.667. The highest BCUT2D eigenvalue weighted by Crippen LogP contribution is 2.47. The van der Waals surface area contributed by atoms with Crippen molar-refractivity contribution in [2.45, 2.75) is 50.2 Å². The minimum atomic E-state index is -0.639. The molecule has 4 heterocycles. The van der Waals surface area contributed by atoms with Crippen molar-refractivity contribution in [1.29, 1.82) is 0 Å². The van der Waals surface area contributed by atoms with Crippen molar-refractivity contribution >= 4 is 35.2 Å². The van der Waals surface area contributed by atoms with Gasteiger partial charge in [-0.25, -0.2) is 0 Å². The third-order valence-corrected chi connectivity index (χ3v) is 8.26. The maximum absolute atomic E-state index is 13.3. The number of hydrogen-bond donors (Lipinski definition) is 1. The SMILES string of the molecule is COC[C@@H]1C[C@@H](NC(=O)C2(C)SC(Cl)=CC2C)CN1C(=O)c1cc2n(n1)CCN(C)C2. The molecule has 0 spiro atoms. The lowest BCUT2D eigenvalue weighted by molar-refractivity contribution is -0.124. The standard InChI is InChI=1S/C21H30ClN5O3S/c1-13-7-18(22)31-21(13,2)20(29)23-14-8-16(12-30-4)26(10-14)19(28)17-9-15-11-25(3)5-6-27(15)24-17/h7,9,13-14,16H,5-6,8,10-12H2,1-4H3,(H,23,29)/t13?,14-,16+,21?/m1/s1. The van der Waals surface area contributed by atoms with Crippen LogP contribution in [-0.2, 0) is 22.6 Å². The third-order valence-electron chi connectivity index (χ3n) is 6.59. The van der Waals surface area contributed by atoms with Crippen LogP contribution in [0.25, 0.3) is 0 Å². The number of amides is 2. The van der Waals surface area contributed by atoms with E-state index in [4.69, 9.17) is 16.3 Å². The van der Waals surface area contributed by atoms with Crippen molar-refractivity contribution in [3.8, 4) is 0 Å². The first-order valence-electron chi connectivity index (χ1n) is 10.6. The Bertz CT molecular complexity index is 906. The number of aromatic nitrogens is 2. The number of nitrogens with zero attached hydrogens (tertiary/aromatic N) is 4. The molecule has 2 amide bonds. The molecule has 1 saturated heterocycles. The molecule has 31 heavy (non-hydrogen) atoms. The molecule has 1 N–H and O–H groups in total. The van der Waals surface area contributed by atoms with Crippen molar-refractivity contribution in [1.82, 2.24) is 24.9 Å². The molecule has 4 atom stereocenters. The highest BCUT2D eigenvalue weighted by molar-refractivity contribution is 8.06. The van der Waals surface area contributed by atoms with Gasteiger partial charge in [-0.2, -0.15) is 5.10 Å². The van der Waals surface area contributed by atoms with Crippen molar-refractivity contribution in [3.05, 3.63) is 27.9 Å². The fourth-order valence-electron chi connectivity index (χ4n) is 4.54. The molecule has 3 aliphatic rings. The van der Waals surface area contributed by atoms with Gasteiger partial charge < -0.3 is 15.0 Å². The number of likely N-dealkylation sites (tertiary alicyclic amines) is 1. The quantitative estimate of drug-likeness (QED) is 0.712. The Morgan fingerprint density at radius 1 is 1.42 bits per heavy atom. The maximum Gasteiger partial charge on any atom is 0.274 e. The van der Waals surface area contributed by atoms with Gasteiger partial charge in [-0.05, 0) is 32.4 Å². The van der Waals surface area contributed by atoms with Gasteiger partial charge in [0.25, 0.3) is 5.91 Å². The van der Waals surface area contributed by atoms with Gasteiger partial charge in [-0.3, -0.25) is 19.2 Å². The Morgan fingerprint density at radius 2 is 2.19 bits per heavy atom. The minimum Gasteiger partial charge on any atom is -0.383 e. The average Bonchev–Trinajstić information content (AvgIpc) is 3.37. The molecule has 0 saturated carbocycles. The molecule has 1 fully saturated rings. The summed E-state index contributed by atoms with van der Waals surface area (Å²) < 4.78 is 7.31. The number of carbonyl (C=O) groups excluding carboxylic acids is 2. The lowest BCUT2D eigenvalue weighted by Crippen LogP contribution is -2.49. The van der Waals surface area contributed by atoms with Crippen LogP contribution < -0.4 is 5.32 Å². The predicted molar refractivity (Wildman–Crippen MR) is 121 cm³/mol. The Hall–Kier alpha value is -1.55. The molecule has 0 aliphatic carbocycles. The van der Waals surface area contributed by atoms with Gasteiger partial charge in [0.05, 0.1) is 29.3 Å². The Labute approximate surface area is 192 Å². The molecule has 170 valence electrons. The zero-order valence-electron chi connectivity index (χ0n) is 18.4. The number of methoxy groups -OCH3 is 1. The van der Waals surface area contributed by atoms with Gasteiger partial charge in [-0.15, -0.1) is 0 Å². The van der Waals surface area contributed by atoms with Crippen molar-refractivity contribution < 1.29 is 14.3 Å². The summed E-state index contributed by atoms with van der Waals surface area (Å²) in [5.41, 5.74) is 1.51. The van der Waals surface area contributed by atoms with Crippen LogP contribution in [0.5, 0.6) is 0 Å². The number of fused-ring (bicyclic) bond motifs is 1. The first-order valence-corrected chi connectivity index (χ1v) is 11.8. The summed E-state index contributed by atoms with van der Waals surface area (Å²) in [4.78, 5) is 30.4. The lowest BCUT2D eigenvalue weighted by Gasteiger charge is -2.28. The van der Waals surface area contributed by atoms with E-state index in [1.54, 1.807) is 12.0 Å².